The summed E-state index contributed by atoms with van der Waals surface area (Å²) in [6.45, 7) is 2.45. The summed E-state index contributed by atoms with van der Waals surface area (Å²) in [4.78, 5) is 4.69. The maximum Gasteiger partial charge on any atom is 0.241 e. The van der Waals surface area contributed by atoms with Gasteiger partial charge in [-0.3, -0.25) is 4.98 Å². The summed E-state index contributed by atoms with van der Waals surface area (Å²) in [5, 5.41) is 4.08. The molecule has 1 aliphatic carbocycles. The number of hydrogen-bond acceptors (Lipinski definition) is 6. The Balaban J connectivity index is 1.56. The fourth-order valence-electron chi connectivity index (χ4n) is 3.24. The van der Waals surface area contributed by atoms with Crippen LogP contribution in [0, 0.1) is 0 Å². The molecule has 1 heterocycles. The van der Waals surface area contributed by atoms with E-state index in [4.69, 9.17) is 9.47 Å². The van der Waals surface area contributed by atoms with Crippen LogP contribution >= 0.6 is 0 Å². The van der Waals surface area contributed by atoms with E-state index in [1.807, 2.05) is 31.2 Å². The molecule has 0 amide bonds. The monoisotopic (exact) mass is 427 g/mol. The summed E-state index contributed by atoms with van der Waals surface area (Å²) in [5.74, 6) is 1.45. The molecular weight excluding hydrogens is 402 g/mol. The highest BCUT2D eigenvalue weighted by molar-refractivity contribution is 7.89. The van der Waals surface area contributed by atoms with Crippen LogP contribution in [-0.4, -0.2) is 33.2 Å². The number of fused-ring (bicyclic) bond motifs is 1. The van der Waals surface area contributed by atoms with Crippen LogP contribution in [0.5, 0.6) is 11.5 Å². The second kappa shape index (κ2) is 7.77. The number of hydrogen-bond donors (Lipinski definition) is 2. The van der Waals surface area contributed by atoms with Crippen LogP contribution in [0.4, 0.5) is 5.69 Å². The van der Waals surface area contributed by atoms with Crippen LogP contribution in [0.2, 0.25) is 0 Å². The highest BCUT2D eigenvalue weighted by Crippen LogP contribution is 2.36. The molecule has 0 unspecified atom stereocenters. The third-order valence-corrected chi connectivity index (χ3v) is 6.96. The molecule has 1 aromatic heterocycles. The Kier molecular flexibility index (Phi) is 5.29. The molecule has 1 fully saturated rings. The van der Waals surface area contributed by atoms with Gasteiger partial charge in [-0.05, 0) is 56.2 Å². The second-order valence-electron chi connectivity index (χ2n) is 7.78. The summed E-state index contributed by atoms with van der Waals surface area (Å²) >= 11 is 0. The first kappa shape index (κ1) is 20.4. The first-order valence-corrected chi connectivity index (χ1v) is 11.2. The Labute approximate surface area is 176 Å². The predicted octanol–water partition coefficient (Wildman–Crippen LogP) is 3.69. The van der Waals surface area contributed by atoms with Crippen molar-refractivity contribution in [3.05, 3.63) is 54.2 Å². The Morgan fingerprint density at radius 2 is 1.87 bits per heavy atom. The third-order valence-electron chi connectivity index (χ3n) is 5.32. The van der Waals surface area contributed by atoms with Gasteiger partial charge in [-0.2, -0.15) is 0 Å². The topological polar surface area (TPSA) is 89.5 Å². The first-order valence-electron chi connectivity index (χ1n) is 9.70. The van der Waals surface area contributed by atoms with Crippen LogP contribution in [-0.2, 0) is 16.6 Å². The number of rotatable bonds is 8. The molecule has 0 saturated heterocycles. The number of methoxy groups -OCH3 is 2. The Morgan fingerprint density at radius 3 is 2.57 bits per heavy atom. The molecule has 0 spiro atoms. The lowest BCUT2D eigenvalue weighted by atomic mass is 10.1. The second-order valence-corrected chi connectivity index (χ2v) is 9.46. The molecule has 2 N–H and O–H groups in total. The molecule has 8 heteroatoms. The first-order chi connectivity index (χ1) is 14.3. The molecular formula is C22H25N3O4S. The van der Waals surface area contributed by atoms with Crippen LogP contribution in [0.15, 0.2) is 53.6 Å². The van der Waals surface area contributed by atoms with Gasteiger partial charge in [0.15, 0.2) is 0 Å². The zero-order chi connectivity index (χ0) is 21.4. The van der Waals surface area contributed by atoms with Gasteiger partial charge in [0.1, 0.15) is 11.5 Å². The van der Waals surface area contributed by atoms with E-state index in [1.54, 1.807) is 38.6 Å². The summed E-state index contributed by atoms with van der Waals surface area (Å²) in [6.07, 6.45) is 3.46. The molecule has 30 heavy (non-hydrogen) atoms. The molecule has 158 valence electrons. The van der Waals surface area contributed by atoms with Crippen molar-refractivity contribution in [2.75, 3.05) is 19.5 Å². The van der Waals surface area contributed by atoms with Crippen molar-refractivity contribution in [1.29, 1.82) is 0 Å². The number of anilines is 1. The lowest BCUT2D eigenvalue weighted by Gasteiger charge is -2.14. The van der Waals surface area contributed by atoms with Crippen LogP contribution in [0.1, 0.15) is 25.3 Å². The fourth-order valence-corrected chi connectivity index (χ4v) is 4.74. The van der Waals surface area contributed by atoms with Crippen LogP contribution < -0.4 is 19.5 Å². The number of aromatic nitrogens is 1. The highest BCUT2D eigenvalue weighted by atomic mass is 32.2. The van der Waals surface area contributed by atoms with E-state index in [0.717, 1.165) is 46.5 Å². The van der Waals surface area contributed by atoms with Crippen molar-refractivity contribution >= 4 is 26.6 Å². The van der Waals surface area contributed by atoms with Crippen molar-refractivity contribution in [1.82, 2.24) is 9.71 Å². The molecule has 0 radical (unpaired) electrons. The SMILES string of the molecule is COc1ccc(CNc2cnc3ccc(S(=O)(=O)NC4(C)CC4)cc3c2)c(OC)c1. The number of nitrogens with one attached hydrogen (secondary N) is 2. The van der Waals surface area contributed by atoms with Crippen molar-refractivity contribution in [2.45, 2.75) is 36.7 Å². The molecule has 1 saturated carbocycles. The van der Waals surface area contributed by atoms with Crippen LogP contribution in [0.25, 0.3) is 10.9 Å². The summed E-state index contributed by atoms with van der Waals surface area (Å²) in [6, 6.07) is 12.5. The average molecular weight is 428 g/mol. The average Bonchev–Trinajstić information content (AvgIpc) is 3.47. The Morgan fingerprint density at radius 1 is 1.07 bits per heavy atom. The van der Waals surface area contributed by atoms with E-state index < -0.39 is 10.0 Å². The molecule has 4 rings (SSSR count). The molecule has 3 aromatic rings. The lowest BCUT2D eigenvalue weighted by Crippen LogP contribution is -2.34. The van der Waals surface area contributed by atoms with Gasteiger partial charge >= 0.3 is 0 Å². The lowest BCUT2D eigenvalue weighted by molar-refractivity contribution is 0.391. The van der Waals surface area contributed by atoms with Gasteiger partial charge in [0.25, 0.3) is 0 Å². The third kappa shape index (κ3) is 4.34. The van der Waals surface area contributed by atoms with E-state index >= 15 is 0 Å². The van der Waals surface area contributed by atoms with Crippen molar-refractivity contribution in [3.63, 3.8) is 0 Å². The number of sulfonamides is 1. The fraction of sp³-hybridized carbons (Fsp3) is 0.318. The highest BCUT2D eigenvalue weighted by Gasteiger charge is 2.41. The molecule has 2 aromatic carbocycles. The molecule has 0 bridgehead atoms. The summed E-state index contributed by atoms with van der Waals surface area (Å²) < 4.78 is 38.8. The summed E-state index contributed by atoms with van der Waals surface area (Å²) in [7, 11) is -0.325. The zero-order valence-corrected chi connectivity index (χ0v) is 18.0. The van der Waals surface area contributed by atoms with Gasteiger partial charge in [0.2, 0.25) is 10.0 Å². The van der Waals surface area contributed by atoms with E-state index in [-0.39, 0.29) is 10.4 Å². The van der Waals surface area contributed by atoms with E-state index in [9.17, 15) is 8.42 Å². The van der Waals surface area contributed by atoms with Gasteiger partial charge in [0.05, 0.1) is 36.5 Å². The van der Waals surface area contributed by atoms with Gasteiger partial charge in [0, 0.05) is 29.1 Å². The van der Waals surface area contributed by atoms with Gasteiger partial charge in [-0.1, -0.05) is 0 Å². The Hall–Kier alpha value is -2.84. The number of ether oxygens (including phenoxy) is 2. The largest absolute Gasteiger partial charge is 0.497 e. The molecule has 0 atom stereocenters. The minimum absolute atomic E-state index is 0.249. The van der Waals surface area contributed by atoms with E-state index in [2.05, 4.69) is 15.0 Å². The van der Waals surface area contributed by atoms with Crippen molar-refractivity contribution in [2.24, 2.45) is 0 Å². The van der Waals surface area contributed by atoms with E-state index in [0.29, 0.717) is 6.54 Å². The summed E-state index contributed by atoms with van der Waals surface area (Å²) in [5.41, 5.74) is 2.18. The predicted molar refractivity (Wildman–Crippen MR) is 117 cm³/mol. The Bertz CT molecular complexity index is 1190. The minimum atomic E-state index is -3.56. The maximum atomic E-state index is 12.7. The van der Waals surface area contributed by atoms with Crippen molar-refractivity contribution < 1.29 is 17.9 Å². The quantitative estimate of drug-likeness (QED) is 0.570. The minimum Gasteiger partial charge on any atom is -0.497 e. The normalized spacial score (nSPS) is 15.0. The number of benzene rings is 2. The maximum absolute atomic E-state index is 12.7. The van der Waals surface area contributed by atoms with Gasteiger partial charge in [-0.25, -0.2) is 13.1 Å². The van der Waals surface area contributed by atoms with Crippen molar-refractivity contribution in [3.8, 4) is 11.5 Å². The number of nitrogens with zero attached hydrogens (tertiary/aromatic N) is 1. The molecule has 7 nitrogen and oxygen atoms in total. The van der Waals surface area contributed by atoms with E-state index in [1.165, 1.54) is 0 Å². The number of pyridine rings is 1. The molecule has 1 aliphatic rings. The zero-order valence-electron chi connectivity index (χ0n) is 17.2. The smallest absolute Gasteiger partial charge is 0.241 e. The molecule has 0 aliphatic heterocycles. The van der Waals surface area contributed by atoms with Crippen LogP contribution in [0.3, 0.4) is 0 Å². The standard InChI is InChI=1S/C22H25N3O4S/c1-22(8-9-22)25-30(26,27)19-6-7-20-16(11-19)10-17(14-24-20)23-13-15-4-5-18(28-2)12-21(15)29-3/h4-7,10-12,14,23,25H,8-9,13H2,1-3H3. The van der Waals surface area contributed by atoms with Gasteiger partial charge < -0.3 is 14.8 Å². The van der Waals surface area contributed by atoms with Gasteiger partial charge in [-0.15, -0.1) is 0 Å².